The first-order valence-corrected chi connectivity index (χ1v) is 9.85. The van der Waals surface area contributed by atoms with Crippen LogP contribution in [0.1, 0.15) is 76.1 Å². The quantitative estimate of drug-likeness (QED) is 0.409. The van der Waals surface area contributed by atoms with Gasteiger partial charge in [0.15, 0.2) is 0 Å². The summed E-state index contributed by atoms with van der Waals surface area (Å²) in [4.78, 5) is 1.36. The van der Waals surface area contributed by atoms with Crippen LogP contribution in [0.2, 0.25) is 5.02 Å². The molecule has 1 aromatic rings. The second kappa shape index (κ2) is 11.1. The number of hydrogen-bond donors (Lipinski definition) is 1. The first kappa shape index (κ1) is 18.5. The lowest BCUT2D eigenvalue weighted by molar-refractivity contribution is 0.472. The van der Waals surface area contributed by atoms with E-state index in [9.17, 15) is 0 Å². The van der Waals surface area contributed by atoms with Gasteiger partial charge in [-0.25, -0.2) is 0 Å². The molecule has 1 atom stereocenters. The molecule has 1 unspecified atom stereocenters. The molecule has 0 bridgehead atoms. The fourth-order valence-corrected chi connectivity index (χ4v) is 4.18. The van der Waals surface area contributed by atoms with Gasteiger partial charge < -0.3 is 5.32 Å². The predicted molar refractivity (Wildman–Crippen MR) is 96.1 cm³/mol. The highest BCUT2D eigenvalue weighted by Gasteiger charge is 2.15. The smallest absolute Gasteiger partial charge is 0.0887 e. The summed E-state index contributed by atoms with van der Waals surface area (Å²) >= 11 is 11.5. The molecule has 0 saturated heterocycles. The van der Waals surface area contributed by atoms with E-state index in [1.807, 2.05) is 0 Å². The normalized spacial score (nSPS) is 12.8. The summed E-state index contributed by atoms with van der Waals surface area (Å²) in [5.41, 5.74) is 0. The predicted octanol–water partition coefficient (Wildman–Crippen LogP) is 6.96. The first-order chi connectivity index (χ1) is 9.69. The highest BCUT2D eigenvalue weighted by molar-refractivity contribution is 9.11. The van der Waals surface area contributed by atoms with E-state index in [1.165, 1.54) is 56.2 Å². The van der Waals surface area contributed by atoms with E-state index in [-0.39, 0.29) is 0 Å². The Morgan fingerprint density at radius 1 is 1.15 bits per heavy atom. The number of nitrogens with one attached hydrogen (secondary N) is 1. The van der Waals surface area contributed by atoms with E-state index >= 15 is 0 Å². The summed E-state index contributed by atoms with van der Waals surface area (Å²) < 4.78 is 1.06. The van der Waals surface area contributed by atoms with E-state index in [0.717, 1.165) is 15.4 Å². The number of unbranched alkanes of at least 4 members (excludes halogenated alkanes) is 5. The molecular formula is C16H27BrClNS. The molecule has 0 amide bonds. The van der Waals surface area contributed by atoms with E-state index in [1.54, 1.807) is 11.3 Å². The molecule has 0 aliphatic heterocycles. The molecule has 20 heavy (non-hydrogen) atoms. The van der Waals surface area contributed by atoms with Gasteiger partial charge in [0.25, 0.3) is 0 Å². The van der Waals surface area contributed by atoms with Crippen molar-refractivity contribution in [1.29, 1.82) is 0 Å². The van der Waals surface area contributed by atoms with Crippen LogP contribution in [-0.4, -0.2) is 6.54 Å². The van der Waals surface area contributed by atoms with Crippen molar-refractivity contribution in [1.82, 2.24) is 5.32 Å². The van der Waals surface area contributed by atoms with Gasteiger partial charge >= 0.3 is 0 Å². The Hall–Kier alpha value is 0.430. The van der Waals surface area contributed by atoms with Crippen molar-refractivity contribution in [3.63, 3.8) is 0 Å². The second-order valence-electron chi connectivity index (χ2n) is 5.33. The molecule has 1 N–H and O–H groups in total. The summed E-state index contributed by atoms with van der Waals surface area (Å²) in [5, 5.41) is 4.50. The van der Waals surface area contributed by atoms with Crippen molar-refractivity contribution < 1.29 is 0 Å². The third-order valence-electron chi connectivity index (χ3n) is 3.49. The van der Waals surface area contributed by atoms with Crippen molar-refractivity contribution in [3.05, 3.63) is 19.8 Å². The lowest BCUT2D eigenvalue weighted by Gasteiger charge is -2.17. The van der Waals surface area contributed by atoms with Gasteiger partial charge in [-0.05, 0) is 41.4 Å². The third-order valence-corrected chi connectivity index (χ3v) is 6.08. The number of thiophene rings is 1. The molecule has 4 heteroatoms. The Morgan fingerprint density at radius 3 is 2.45 bits per heavy atom. The molecule has 1 heterocycles. The van der Waals surface area contributed by atoms with Gasteiger partial charge in [0, 0.05) is 10.9 Å². The Morgan fingerprint density at radius 2 is 1.85 bits per heavy atom. The molecule has 0 saturated carbocycles. The summed E-state index contributed by atoms with van der Waals surface area (Å²) in [6.07, 6.45) is 10.5. The first-order valence-electron chi connectivity index (χ1n) is 7.87. The average molecular weight is 381 g/mol. The summed E-state index contributed by atoms with van der Waals surface area (Å²) in [6, 6.07) is 2.58. The molecule has 0 aromatic carbocycles. The molecule has 1 nitrogen and oxygen atoms in total. The van der Waals surface area contributed by atoms with E-state index in [4.69, 9.17) is 11.6 Å². The number of halogens is 2. The van der Waals surface area contributed by atoms with Gasteiger partial charge in [0.1, 0.15) is 0 Å². The standard InChI is InChI=1S/C16H27BrClNS/c1-3-5-6-7-8-9-10-14(19-11-4-2)15-12-13(18)16(17)20-15/h12,14,19H,3-11H2,1-2H3. The lowest BCUT2D eigenvalue weighted by atomic mass is 10.0. The van der Waals surface area contributed by atoms with Crippen molar-refractivity contribution in [2.24, 2.45) is 0 Å². The Labute approximate surface area is 141 Å². The molecule has 0 aliphatic carbocycles. The summed E-state index contributed by atoms with van der Waals surface area (Å²) in [6.45, 7) is 5.56. The number of hydrogen-bond acceptors (Lipinski definition) is 2. The highest BCUT2D eigenvalue weighted by atomic mass is 79.9. The van der Waals surface area contributed by atoms with Crippen molar-refractivity contribution in [2.75, 3.05) is 6.54 Å². The van der Waals surface area contributed by atoms with Crippen LogP contribution in [0.25, 0.3) is 0 Å². The van der Waals surface area contributed by atoms with Crippen molar-refractivity contribution in [3.8, 4) is 0 Å². The topological polar surface area (TPSA) is 12.0 Å². The molecule has 0 aliphatic rings. The molecule has 0 spiro atoms. The maximum atomic E-state index is 6.16. The zero-order chi connectivity index (χ0) is 14.8. The highest BCUT2D eigenvalue weighted by Crippen LogP contribution is 2.36. The zero-order valence-electron chi connectivity index (χ0n) is 12.7. The Bertz CT molecular complexity index is 348. The molecule has 1 aromatic heterocycles. The van der Waals surface area contributed by atoms with E-state index < -0.39 is 0 Å². The third kappa shape index (κ3) is 6.93. The second-order valence-corrected chi connectivity index (χ2v) is 8.14. The van der Waals surface area contributed by atoms with Crippen LogP contribution < -0.4 is 5.32 Å². The van der Waals surface area contributed by atoms with Crippen LogP contribution in [-0.2, 0) is 0 Å². The molecule has 116 valence electrons. The van der Waals surface area contributed by atoms with Crippen LogP contribution in [0.4, 0.5) is 0 Å². The van der Waals surface area contributed by atoms with Crippen LogP contribution in [0, 0.1) is 0 Å². The van der Waals surface area contributed by atoms with Crippen LogP contribution in [0.15, 0.2) is 9.85 Å². The summed E-state index contributed by atoms with van der Waals surface area (Å²) in [5.74, 6) is 0. The minimum Gasteiger partial charge on any atom is -0.309 e. The summed E-state index contributed by atoms with van der Waals surface area (Å²) in [7, 11) is 0. The van der Waals surface area contributed by atoms with Gasteiger partial charge in [-0.3, -0.25) is 0 Å². The van der Waals surface area contributed by atoms with Crippen LogP contribution >= 0.6 is 38.9 Å². The van der Waals surface area contributed by atoms with Crippen LogP contribution in [0.5, 0.6) is 0 Å². The van der Waals surface area contributed by atoms with Gasteiger partial charge in [0.2, 0.25) is 0 Å². The average Bonchev–Trinajstić information content (AvgIpc) is 2.77. The maximum Gasteiger partial charge on any atom is 0.0887 e. The zero-order valence-corrected chi connectivity index (χ0v) is 15.8. The maximum absolute atomic E-state index is 6.16. The van der Waals surface area contributed by atoms with Crippen molar-refractivity contribution in [2.45, 2.75) is 71.3 Å². The monoisotopic (exact) mass is 379 g/mol. The van der Waals surface area contributed by atoms with Crippen LogP contribution in [0.3, 0.4) is 0 Å². The van der Waals surface area contributed by atoms with E-state index in [0.29, 0.717) is 6.04 Å². The Balaban J connectivity index is 2.40. The van der Waals surface area contributed by atoms with Gasteiger partial charge in [-0.15, -0.1) is 11.3 Å². The van der Waals surface area contributed by atoms with Gasteiger partial charge in [-0.1, -0.05) is 64.0 Å². The number of rotatable bonds is 11. The fourth-order valence-electron chi connectivity index (χ4n) is 2.33. The fraction of sp³-hybridized carbons (Fsp3) is 0.750. The molecule has 1 rings (SSSR count). The van der Waals surface area contributed by atoms with Crippen molar-refractivity contribution >= 4 is 38.9 Å². The minimum absolute atomic E-state index is 0.468. The van der Waals surface area contributed by atoms with Gasteiger partial charge in [-0.2, -0.15) is 0 Å². The molecule has 0 fully saturated rings. The minimum atomic E-state index is 0.468. The largest absolute Gasteiger partial charge is 0.309 e. The Kier molecular flexibility index (Phi) is 10.2. The lowest BCUT2D eigenvalue weighted by Crippen LogP contribution is -2.21. The van der Waals surface area contributed by atoms with Gasteiger partial charge in [0.05, 0.1) is 8.81 Å². The SMILES string of the molecule is CCCCCCCCC(NCCC)c1cc(Cl)c(Br)s1. The molecular weight excluding hydrogens is 354 g/mol. The molecule has 0 radical (unpaired) electrons. The van der Waals surface area contributed by atoms with E-state index in [2.05, 4.69) is 41.2 Å².